The van der Waals surface area contributed by atoms with E-state index in [9.17, 15) is 8.42 Å². The molecule has 28 heavy (non-hydrogen) atoms. The van der Waals surface area contributed by atoms with E-state index in [0.29, 0.717) is 4.90 Å². The largest absolute Gasteiger partial charge is 0.299 e. The zero-order chi connectivity index (χ0) is 19.6. The van der Waals surface area contributed by atoms with Crippen LogP contribution in [0.3, 0.4) is 0 Å². The highest BCUT2D eigenvalue weighted by molar-refractivity contribution is 7.91. The molecule has 1 N–H and O–H groups in total. The minimum absolute atomic E-state index is 0.0950. The third-order valence-corrected chi connectivity index (χ3v) is 7.38. The van der Waals surface area contributed by atoms with Crippen LogP contribution in [0.5, 0.6) is 0 Å². The standard InChI is InChI=1S/C24H25NO2S/c1-2-28(26,27)23-15-9-8-14-21(23)24(19-11-4-3-5-12-19)25-22-17-16-18-10-6-7-13-20(18)22/h3-15,22,24-25H,2,16-17H2,1H3. The Morgan fingerprint density at radius 3 is 2.39 bits per heavy atom. The molecular formula is C24H25NO2S. The molecule has 0 radical (unpaired) electrons. The summed E-state index contributed by atoms with van der Waals surface area (Å²) in [6.07, 6.45) is 2.07. The van der Waals surface area contributed by atoms with E-state index in [4.69, 9.17) is 0 Å². The van der Waals surface area contributed by atoms with Crippen molar-refractivity contribution in [1.29, 1.82) is 0 Å². The molecule has 0 aliphatic heterocycles. The Hall–Kier alpha value is -2.43. The van der Waals surface area contributed by atoms with E-state index in [2.05, 4.69) is 41.7 Å². The topological polar surface area (TPSA) is 46.2 Å². The molecule has 3 nitrogen and oxygen atoms in total. The van der Waals surface area contributed by atoms with E-state index in [1.165, 1.54) is 11.1 Å². The van der Waals surface area contributed by atoms with Crippen LogP contribution in [-0.2, 0) is 16.3 Å². The van der Waals surface area contributed by atoms with Crippen LogP contribution in [0.2, 0.25) is 0 Å². The van der Waals surface area contributed by atoms with Gasteiger partial charge in [0.1, 0.15) is 0 Å². The Bertz CT molecular complexity index is 1060. The summed E-state index contributed by atoms with van der Waals surface area (Å²) >= 11 is 0. The lowest BCUT2D eigenvalue weighted by Gasteiger charge is -2.26. The molecule has 3 aromatic rings. The summed E-state index contributed by atoms with van der Waals surface area (Å²) in [5.74, 6) is 0.0950. The first-order valence-corrected chi connectivity index (χ1v) is 11.5. The molecule has 2 atom stereocenters. The summed E-state index contributed by atoms with van der Waals surface area (Å²) in [4.78, 5) is 0.421. The zero-order valence-electron chi connectivity index (χ0n) is 16.0. The molecule has 4 rings (SSSR count). The summed E-state index contributed by atoms with van der Waals surface area (Å²) in [5.41, 5.74) is 4.59. The summed E-state index contributed by atoms with van der Waals surface area (Å²) in [7, 11) is -3.32. The van der Waals surface area contributed by atoms with Crippen LogP contribution < -0.4 is 5.32 Å². The molecule has 0 saturated carbocycles. The fourth-order valence-electron chi connectivity index (χ4n) is 4.10. The van der Waals surface area contributed by atoms with Crippen molar-refractivity contribution >= 4 is 9.84 Å². The molecule has 0 aromatic heterocycles. The molecule has 0 spiro atoms. The Labute approximate surface area is 167 Å². The Morgan fingerprint density at radius 1 is 0.929 bits per heavy atom. The van der Waals surface area contributed by atoms with Crippen molar-refractivity contribution in [1.82, 2.24) is 5.32 Å². The first-order chi connectivity index (χ1) is 13.6. The normalized spacial score (nSPS) is 17.2. The molecule has 0 heterocycles. The van der Waals surface area contributed by atoms with Crippen molar-refractivity contribution in [3.63, 3.8) is 0 Å². The molecule has 1 aliphatic carbocycles. The maximum absolute atomic E-state index is 12.8. The fourth-order valence-corrected chi connectivity index (χ4v) is 5.24. The second-order valence-electron chi connectivity index (χ2n) is 7.24. The smallest absolute Gasteiger partial charge is 0.178 e. The predicted molar refractivity (Wildman–Crippen MR) is 113 cm³/mol. The summed E-state index contributed by atoms with van der Waals surface area (Å²) in [5, 5.41) is 3.78. The molecule has 1 aliphatic rings. The van der Waals surface area contributed by atoms with E-state index < -0.39 is 9.84 Å². The third-order valence-electron chi connectivity index (χ3n) is 5.58. The van der Waals surface area contributed by atoms with Crippen molar-refractivity contribution in [2.45, 2.75) is 36.7 Å². The van der Waals surface area contributed by atoms with Gasteiger partial charge in [-0.3, -0.25) is 5.32 Å². The molecule has 144 valence electrons. The van der Waals surface area contributed by atoms with E-state index >= 15 is 0 Å². The number of sulfone groups is 1. The summed E-state index contributed by atoms with van der Waals surface area (Å²) in [6.45, 7) is 1.70. The SMILES string of the molecule is CCS(=O)(=O)c1ccccc1C(NC1CCc2ccccc21)c1ccccc1. The van der Waals surface area contributed by atoms with Gasteiger partial charge in [-0.05, 0) is 41.2 Å². The van der Waals surface area contributed by atoms with Crippen molar-refractivity contribution in [3.8, 4) is 0 Å². The van der Waals surface area contributed by atoms with Gasteiger partial charge in [0.15, 0.2) is 9.84 Å². The van der Waals surface area contributed by atoms with Crippen molar-refractivity contribution < 1.29 is 8.42 Å². The minimum atomic E-state index is -3.32. The quantitative estimate of drug-likeness (QED) is 0.654. The molecular weight excluding hydrogens is 366 g/mol. The number of hydrogen-bond donors (Lipinski definition) is 1. The fraction of sp³-hybridized carbons (Fsp3) is 0.250. The van der Waals surface area contributed by atoms with Crippen LogP contribution >= 0.6 is 0 Å². The maximum atomic E-state index is 12.8. The van der Waals surface area contributed by atoms with Gasteiger partial charge in [0, 0.05) is 6.04 Å². The number of hydrogen-bond acceptors (Lipinski definition) is 3. The van der Waals surface area contributed by atoms with Crippen LogP contribution in [0.4, 0.5) is 0 Å². The maximum Gasteiger partial charge on any atom is 0.178 e. The predicted octanol–water partition coefficient (Wildman–Crippen LogP) is 4.85. The van der Waals surface area contributed by atoms with Gasteiger partial charge in [-0.2, -0.15) is 0 Å². The number of rotatable bonds is 6. The van der Waals surface area contributed by atoms with Gasteiger partial charge < -0.3 is 0 Å². The van der Waals surface area contributed by atoms with Gasteiger partial charge >= 0.3 is 0 Å². The molecule has 3 aromatic carbocycles. The highest BCUT2D eigenvalue weighted by Crippen LogP contribution is 2.36. The third kappa shape index (κ3) is 3.62. The summed E-state index contributed by atoms with van der Waals surface area (Å²) in [6, 6.07) is 26.1. The average Bonchev–Trinajstić information content (AvgIpc) is 3.15. The van der Waals surface area contributed by atoms with Crippen LogP contribution in [0.15, 0.2) is 83.8 Å². The molecule has 4 heteroatoms. The number of aryl methyl sites for hydroxylation is 1. The first-order valence-electron chi connectivity index (χ1n) is 9.80. The van der Waals surface area contributed by atoms with Crippen molar-refractivity contribution in [3.05, 3.63) is 101 Å². The Morgan fingerprint density at radius 2 is 1.61 bits per heavy atom. The lowest BCUT2D eigenvalue weighted by molar-refractivity contribution is 0.478. The van der Waals surface area contributed by atoms with Crippen LogP contribution in [0, 0.1) is 0 Å². The van der Waals surface area contributed by atoms with Gasteiger partial charge in [-0.15, -0.1) is 0 Å². The Balaban J connectivity index is 1.79. The van der Waals surface area contributed by atoms with Crippen LogP contribution in [-0.4, -0.2) is 14.2 Å². The van der Waals surface area contributed by atoms with E-state index in [-0.39, 0.29) is 17.8 Å². The van der Waals surface area contributed by atoms with Crippen LogP contribution in [0.1, 0.15) is 47.7 Å². The molecule has 0 fully saturated rings. The van der Waals surface area contributed by atoms with Gasteiger partial charge in [0.25, 0.3) is 0 Å². The molecule has 0 saturated heterocycles. The minimum Gasteiger partial charge on any atom is -0.299 e. The van der Waals surface area contributed by atoms with E-state index in [1.807, 2.05) is 30.3 Å². The van der Waals surface area contributed by atoms with Gasteiger partial charge in [-0.25, -0.2) is 8.42 Å². The molecule has 0 amide bonds. The number of nitrogens with one attached hydrogen (secondary N) is 1. The second-order valence-corrected chi connectivity index (χ2v) is 9.49. The highest BCUT2D eigenvalue weighted by atomic mass is 32.2. The Kier molecular flexibility index (Phi) is 5.33. The zero-order valence-corrected chi connectivity index (χ0v) is 16.8. The number of fused-ring (bicyclic) bond motifs is 1. The van der Waals surface area contributed by atoms with E-state index in [1.54, 1.807) is 19.1 Å². The lowest BCUT2D eigenvalue weighted by Crippen LogP contribution is -2.27. The first kappa shape index (κ1) is 18.9. The van der Waals surface area contributed by atoms with Gasteiger partial charge in [-0.1, -0.05) is 79.7 Å². The van der Waals surface area contributed by atoms with E-state index in [0.717, 1.165) is 24.0 Å². The lowest BCUT2D eigenvalue weighted by atomic mass is 9.96. The van der Waals surface area contributed by atoms with Gasteiger partial charge in [0.05, 0.1) is 16.7 Å². The van der Waals surface area contributed by atoms with Crippen molar-refractivity contribution in [2.24, 2.45) is 0 Å². The van der Waals surface area contributed by atoms with Gasteiger partial charge in [0.2, 0.25) is 0 Å². The average molecular weight is 392 g/mol. The molecule has 0 bridgehead atoms. The summed E-state index contributed by atoms with van der Waals surface area (Å²) < 4.78 is 25.5. The monoisotopic (exact) mass is 391 g/mol. The van der Waals surface area contributed by atoms with Crippen molar-refractivity contribution in [2.75, 3.05) is 5.75 Å². The molecule has 2 unspecified atom stereocenters. The van der Waals surface area contributed by atoms with Crippen LogP contribution in [0.25, 0.3) is 0 Å². The second kappa shape index (κ2) is 7.90. The number of benzene rings is 3. The highest BCUT2D eigenvalue weighted by Gasteiger charge is 2.28.